The number of nitrogens with zero attached hydrogens (tertiary/aromatic N) is 2. The van der Waals surface area contributed by atoms with Crippen LogP contribution in [0.4, 0.5) is 5.69 Å². The van der Waals surface area contributed by atoms with Crippen molar-refractivity contribution in [1.29, 1.82) is 0 Å². The molecule has 2 amide bonds. The summed E-state index contributed by atoms with van der Waals surface area (Å²) in [4.78, 5) is 28.0. The maximum atomic E-state index is 13.5. The quantitative estimate of drug-likeness (QED) is 0.510. The molecule has 0 aliphatic heterocycles. The standard InChI is InChI=1S/C26H35N3O5S/c1-4-34-24-16-14-23(15-17-24)29(35(3,32)33)19-25(30)28(18-21-10-6-5-7-11-21)20(2)26(31)27-22-12-8-9-13-22/h5-7,10-11,14-17,20,22H,4,8-9,12-13,18-19H2,1-3H3,(H,27,31). The number of hydrogen-bond donors (Lipinski definition) is 1. The first-order valence-electron chi connectivity index (χ1n) is 12.0. The number of nitrogens with one attached hydrogen (secondary N) is 1. The monoisotopic (exact) mass is 501 g/mol. The molecule has 1 unspecified atom stereocenters. The summed E-state index contributed by atoms with van der Waals surface area (Å²) < 4.78 is 31.8. The van der Waals surface area contributed by atoms with Crippen molar-refractivity contribution in [2.24, 2.45) is 0 Å². The van der Waals surface area contributed by atoms with E-state index in [-0.39, 0.29) is 18.5 Å². The van der Waals surface area contributed by atoms with Crippen LogP contribution < -0.4 is 14.4 Å². The van der Waals surface area contributed by atoms with Gasteiger partial charge in [0.05, 0.1) is 18.6 Å². The zero-order valence-corrected chi connectivity index (χ0v) is 21.5. The van der Waals surface area contributed by atoms with Gasteiger partial charge in [0, 0.05) is 12.6 Å². The summed E-state index contributed by atoms with van der Waals surface area (Å²) >= 11 is 0. The van der Waals surface area contributed by atoms with Gasteiger partial charge in [0.25, 0.3) is 0 Å². The third kappa shape index (κ3) is 7.45. The summed E-state index contributed by atoms with van der Waals surface area (Å²) in [5, 5.41) is 3.05. The number of benzene rings is 2. The molecule has 190 valence electrons. The lowest BCUT2D eigenvalue weighted by Crippen LogP contribution is -2.52. The van der Waals surface area contributed by atoms with Gasteiger partial charge in [0.2, 0.25) is 21.8 Å². The van der Waals surface area contributed by atoms with Crippen molar-refractivity contribution in [3.63, 3.8) is 0 Å². The van der Waals surface area contributed by atoms with Gasteiger partial charge in [-0.05, 0) is 56.5 Å². The van der Waals surface area contributed by atoms with Crippen LogP contribution in [0, 0.1) is 0 Å². The van der Waals surface area contributed by atoms with Crippen LogP contribution in [0.5, 0.6) is 5.75 Å². The summed E-state index contributed by atoms with van der Waals surface area (Å²) in [7, 11) is -3.76. The highest BCUT2D eigenvalue weighted by Crippen LogP contribution is 2.23. The van der Waals surface area contributed by atoms with Crippen molar-refractivity contribution < 1.29 is 22.7 Å². The van der Waals surface area contributed by atoms with Crippen molar-refractivity contribution in [2.45, 2.75) is 58.2 Å². The zero-order chi connectivity index (χ0) is 25.4. The molecule has 1 saturated carbocycles. The van der Waals surface area contributed by atoms with Gasteiger partial charge < -0.3 is 15.0 Å². The molecule has 0 saturated heterocycles. The Balaban J connectivity index is 1.84. The smallest absolute Gasteiger partial charge is 0.244 e. The van der Waals surface area contributed by atoms with Gasteiger partial charge in [-0.2, -0.15) is 0 Å². The van der Waals surface area contributed by atoms with E-state index in [0.717, 1.165) is 41.8 Å². The molecule has 1 aliphatic carbocycles. The van der Waals surface area contributed by atoms with Crippen LogP contribution >= 0.6 is 0 Å². The number of sulfonamides is 1. The fourth-order valence-corrected chi connectivity index (χ4v) is 5.09. The van der Waals surface area contributed by atoms with E-state index in [9.17, 15) is 18.0 Å². The van der Waals surface area contributed by atoms with Crippen molar-refractivity contribution in [2.75, 3.05) is 23.7 Å². The first-order valence-corrected chi connectivity index (χ1v) is 13.9. The predicted octanol–water partition coefficient (Wildman–Crippen LogP) is 3.33. The summed E-state index contributed by atoms with van der Waals surface area (Å²) in [6.07, 6.45) is 5.10. The molecule has 2 aromatic carbocycles. The van der Waals surface area contributed by atoms with Crippen LogP contribution in [0.25, 0.3) is 0 Å². The summed E-state index contributed by atoms with van der Waals surface area (Å²) in [6.45, 7) is 3.82. The average molecular weight is 502 g/mol. The summed E-state index contributed by atoms with van der Waals surface area (Å²) in [5.41, 5.74) is 1.21. The molecule has 8 nitrogen and oxygen atoms in total. The first-order chi connectivity index (χ1) is 16.7. The number of carbonyl (C=O) groups excluding carboxylic acids is 2. The lowest BCUT2D eigenvalue weighted by molar-refractivity contribution is -0.139. The lowest BCUT2D eigenvalue weighted by Gasteiger charge is -2.32. The SMILES string of the molecule is CCOc1ccc(N(CC(=O)N(Cc2ccccc2)C(C)C(=O)NC2CCCC2)S(C)(=O)=O)cc1. The average Bonchev–Trinajstić information content (AvgIpc) is 3.34. The predicted molar refractivity (Wildman–Crippen MR) is 137 cm³/mol. The Bertz CT molecular complexity index is 1080. The zero-order valence-electron chi connectivity index (χ0n) is 20.6. The molecule has 0 aromatic heterocycles. The van der Waals surface area contributed by atoms with E-state index in [4.69, 9.17) is 4.74 Å². The molecule has 1 N–H and O–H groups in total. The van der Waals surface area contributed by atoms with E-state index in [1.54, 1.807) is 31.2 Å². The van der Waals surface area contributed by atoms with Crippen LogP contribution in [0.1, 0.15) is 45.1 Å². The highest BCUT2D eigenvalue weighted by atomic mass is 32.2. The molecule has 35 heavy (non-hydrogen) atoms. The number of hydrogen-bond acceptors (Lipinski definition) is 5. The second kappa shape index (κ2) is 12.1. The van der Waals surface area contributed by atoms with Gasteiger partial charge in [-0.1, -0.05) is 43.2 Å². The second-order valence-corrected chi connectivity index (χ2v) is 10.8. The molecule has 0 bridgehead atoms. The topological polar surface area (TPSA) is 96.0 Å². The summed E-state index contributed by atoms with van der Waals surface area (Å²) in [5.74, 6) is -0.0747. The van der Waals surface area contributed by atoms with E-state index in [1.807, 2.05) is 37.3 Å². The first kappa shape index (κ1) is 26.5. The largest absolute Gasteiger partial charge is 0.494 e. The molecule has 1 fully saturated rings. The van der Waals surface area contributed by atoms with Crippen molar-refractivity contribution in [3.8, 4) is 5.75 Å². The highest BCUT2D eigenvalue weighted by molar-refractivity contribution is 7.92. The fraction of sp³-hybridized carbons (Fsp3) is 0.462. The van der Waals surface area contributed by atoms with Gasteiger partial charge in [0.1, 0.15) is 18.3 Å². The maximum Gasteiger partial charge on any atom is 0.244 e. The number of ether oxygens (including phenoxy) is 1. The van der Waals surface area contributed by atoms with Gasteiger partial charge in [-0.25, -0.2) is 8.42 Å². The molecule has 2 aromatic rings. The van der Waals surface area contributed by atoms with Crippen molar-refractivity contribution in [1.82, 2.24) is 10.2 Å². The van der Waals surface area contributed by atoms with E-state index >= 15 is 0 Å². The Morgan fingerprint density at radius 2 is 1.69 bits per heavy atom. The summed E-state index contributed by atoms with van der Waals surface area (Å²) in [6, 6.07) is 15.3. The van der Waals surface area contributed by atoms with Crippen LogP contribution in [-0.2, 0) is 26.2 Å². The molecule has 0 heterocycles. The molecule has 9 heteroatoms. The molecular formula is C26H35N3O5S. The van der Waals surface area contributed by atoms with Crippen LogP contribution in [0.15, 0.2) is 54.6 Å². The number of amides is 2. The Kier molecular flexibility index (Phi) is 9.14. The van der Waals surface area contributed by atoms with Gasteiger partial charge in [-0.15, -0.1) is 0 Å². The highest BCUT2D eigenvalue weighted by Gasteiger charge is 2.31. The van der Waals surface area contributed by atoms with Crippen LogP contribution in [-0.4, -0.2) is 56.6 Å². The van der Waals surface area contributed by atoms with E-state index in [2.05, 4.69) is 5.32 Å². The van der Waals surface area contributed by atoms with E-state index < -0.39 is 28.5 Å². The third-order valence-electron chi connectivity index (χ3n) is 6.18. The van der Waals surface area contributed by atoms with Crippen LogP contribution in [0.2, 0.25) is 0 Å². The van der Waals surface area contributed by atoms with E-state index in [0.29, 0.717) is 18.0 Å². The Hall–Kier alpha value is -3.07. The molecular weight excluding hydrogens is 466 g/mol. The Labute approximate surface area is 208 Å². The minimum Gasteiger partial charge on any atom is -0.494 e. The molecule has 1 aliphatic rings. The molecule has 0 spiro atoms. The number of anilines is 1. The fourth-order valence-electron chi connectivity index (χ4n) is 4.24. The molecule has 3 rings (SSSR count). The van der Waals surface area contributed by atoms with Gasteiger partial charge in [0.15, 0.2) is 0 Å². The van der Waals surface area contributed by atoms with Gasteiger partial charge >= 0.3 is 0 Å². The second-order valence-electron chi connectivity index (χ2n) is 8.87. The number of rotatable bonds is 11. The van der Waals surface area contributed by atoms with Crippen molar-refractivity contribution >= 4 is 27.5 Å². The van der Waals surface area contributed by atoms with Crippen molar-refractivity contribution in [3.05, 3.63) is 60.2 Å². The normalized spacial score (nSPS) is 14.8. The third-order valence-corrected chi connectivity index (χ3v) is 7.32. The molecule has 1 atom stereocenters. The number of carbonyl (C=O) groups is 2. The molecule has 0 radical (unpaired) electrons. The Morgan fingerprint density at radius 1 is 1.06 bits per heavy atom. The maximum absolute atomic E-state index is 13.5. The Morgan fingerprint density at radius 3 is 2.26 bits per heavy atom. The minimum atomic E-state index is -3.76. The van der Waals surface area contributed by atoms with E-state index in [1.165, 1.54) is 4.90 Å². The van der Waals surface area contributed by atoms with Crippen LogP contribution in [0.3, 0.4) is 0 Å². The lowest BCUT2D eigenvalue weighted by atomic mass is 10.1. The van der Waals surface area contributed by atoms with Gasteiger partial charge in [-0.3, -0.25) is 13.9 Å². The minimum absolute atomic E-state index is 0.120.